The van der Waals surface area contributed by atoms with Crippen molar-refractivity contribution in [3.63, 3.8) is 0 Å². The van der Waals surface area contributed by atoms with E-state index >= 15 is 0 Å². The third-order valence-electron chi connectivity index (χ3n) is 2.14. The quantitative estimate of drug-likeness (QED) is 0.582. The lowest BCUT2D eigenvalue weighted by Crippen LogP contribution is -2.51. The Kier molecular flexibility index (Phi) is 7.40. The van der Waals surface area contributed by atoms with E-state index in [0.717, 1.165) is 6.54 Å². The molecule has 0 rings (SSSR count). The number of primary amides is 1. The number of likely N-dealkylation sites (N-methyl/N-ethyl adjacent to an activating group) is 1. The number of hydrogen-bond acceptors (Lipinski definition) is 5. The highest BCUT2D eigenvalue weighted by Crippen LogP contribution is 2.06. The lowest BCUT2D eigenvalue weighted by atomic mass is 10.2. The van der Waals surface area contributed by atoms with Crippen LogP contribution >= 0.6 is 0 Å². The van der Waals surface area contributed by atoms with Gasteiger partial charge in [-0.1, -0.05) is 0 Å². The molecule has 7 nitrogen and oxygen atoms in total. The molecule has 0 aromatic rings. The molecular weight excluding hydrogens is 248 g/mol. The maximum atomic E-state index is 11.4. The molecule has 0 bridgehead atoms. The molecule has 0 aromatic heterocycles. The minimum atomic E-state index is -0.604. The fraction of sp³-hybridized carbons (Fsp3) is 0.833. The molecule has 0 aliphatic heterocycles. The van der Waals surface area contributed by atoms with Gasteiger partial charge in [-0.25, -0.2) is 4.79 Å². The first-order valence-corrected chi connectivity index (χ1v) is 6.26. The fourth-order valence-electron chi connectivity index (χ4n) is 1.24. The summed E-state index contributed by atoms with van der Waals surface area (Å²) in [5.41, 5.74) is 4.70. The molecule has 0 saturated carbocycles. The molecule has 7 heteroatoms. The third kappa shape index (κ3) is 10.3. The predicted molar refractivity (Wildman–Crippen MR) is 73.8 cm³/mol. The summed E-state index contributed by atoms with van der Waals surface area (Å²) in [6.07, 6.45) is -0.562. The summed E-state index contributed by atoms with van der Waals surface area (Å²) in [6.45, 7) is 6.80. The number of alkyl carbamates (subject to hydrolysis) is 1. The average Bonchev–Trinajstić information content (AvgIpc) is 2.19. The van der Waals surface area contributed by atoms with Crippen molar-refractivity contribution >= 4 is 12.0 Å². The number of carbonyl (C=O) groups excluding carboxylic acids is 2. The maximum absolute atomic E-state index is 11.4. The van der Waals surface area contributed by atoms with E-state index in [0.29, 0.717) is 6.54 Å². The number of amides is 2. The molecule has 0 aromatic carbocycles. The second-order valence-corrected chi connectivity index (χ2v) is 5.60. The van der Waals surface area contributed by atoms with Crippen molar-refractivity contribution in [2.24, 2.45) is 5.73 Å². The van der Waals surface area contributed by atoms with Crippen LogP contribution in [-0.2, 0) is 9.53 Å². The van der Waals surface area contributed by atoms with Gasteiger partial charge in [0.15, 0.2) is 0 Å². The molecule has 1 unspecified atom stereocenters. The average molecular weight is 274 g/mol. The van der Waals surface area contributed by atoms with Crippen molar-refractivity contribution in [1.29, 1.82) is 0 Å². The number of ether oxygens (including phenoxy) is 1. The topological polar surface area (TPSA) is 96.7 Å². The zero-order valence-corrected chi connectivity index (χ0v) is 12.4. The molecule has 0 fully saturated rings. The molecule has 0 heterocycles. The summed E-state index contributed by atoms with van der Waals surface area (Å²) in [7, 11) is 3.86. The van der Waals surface area contributed by atoms with Crippen LogP contribution in [0.25, 0.3) is 0 Å². The van der Waals surface area contributed by atoms with Crippen LogP contribution in [0.2, 0.25) is 0 Å². The Morgan fingerprint density at radius 2 is 1.89 bits per heavy atom. The van der Waals surface area contributed by atoms with Gasteiger partial charge in [-0.05, 0) is 34.9 Å². The highest BCUT2D eigenvalue weighted by molar-refractivity contribution is 5.81. The summed E-state index contributed by atoms with van der Waals surface area (Å²) in [4.78, 5) is 24.7. The van der Waals surface area contributed by atoms with Gasteiger partial charge in [0.25, 0.3) is 0 Å². The highest BCUT2D eigenvalue weighted by Gasteiger charge is 2.19. The summed E-state index contributed by atoms with van der Waals surface area (Å²) >= 11 is 0. The van der Waals surface area contributed by atoms with Crippen LogP contribution in [0, 0.1) is 0 Å². The zero-order chi connectivity index (χ0) is 15.1. The Bertz CT molecular complexity index is 300. The molecule has 4 N–H and O–H groups in total. The van der Waals surface area contributed by atoms with Crippen molar-refractivity contribution in [2.45, 2.75) is 32.4 Å². The van der Waals surface area contributed by atoms with Gasteiger partial charge in [0, 0.05) is 19.6 Å². The Balaban J connectivity index is 4.08. The van der Waals surface area contributed by atoms with Gasteiger partial charge in [-0.2, -0.15) is 0 Å². The molecule has 2 amide bonds. The Morgan fingerprint density at radius 3 is 2.32 bits per heavy atom. The van der Waals surface area contributed by atoms with Crippen molar-refractivity contribution < 1.29 is 14.3 Å². The molecule has 0 spiro atoms. The van der Waals surface area contributed by atoms with Crippen LogP contribution in [0.5, 0.6) is 0 Å². The number of rotatable bonds is 7. The van der Waals surface area contributed by atoms with Gasteiger partial charge >= 0.3 is 6.09 Å². The van der Waals surface area contributed by atoms with Crippen molar-refractivity contribution in [2.75, 3.05) is 33.7 Å². The highest BCUT2D eigenvalue weighted by atomic mass is 16.6. The number of nitrogens with zero attached hydrogens (tertiary/aromatic N) is 1. The van der Waals surface area contributed by atoms with Gasteiger partial charge in [0.1, 0.15) is 11.6 Å². The van der Waals surface area contributed by atoms with E-state index in [2.05, 4.69) is 10.6 Å². The predicted octanol–water partition coefficient (Wildman–Crippen LogP) is -0.484. The van der Waals surface area contributed by atoms with Gasteiger partial charge in [-0.3, -0.25) is 4.79 Å². The van der Waals surface area contributed by atoms with Crippen LogP contribution in [0.4, 0.5) is 4.79 Å². The van der Waals surface area contributed by atoms with Crippen LogP contribution in [0.1, 0.15) is 20.8 Å². The van der Waals surface area contributed by atoms with E-state index < -0.39 is 23.6 Å². The largest absolute Gasteiger partial charge is 0.444 e. The Morgan fingerprint density at radius 1 is 1.32 bits per heavy atom. The molecule has 112 valence electrons. The van der Waals surface area contributed by atoms with Gasteiger partial charge in [0.2, 0.25) is 5.91 Å². The van der Waals surface area contributed by atoms with E-state index in [9.17, 15) is 9.59 Å². The first kappa shape index (κ1) is 17.7. The lowest BCUT2D eigenvalue weighted by molar-refractivity contribution is -0.119. The Hall–Kier alpha value is -1.34. The standard InChI is InChI=1S/C12H26N4O3/c1-12(2,3)19-11(18)15-8-9(10(13)17)14-6-7-16(4)5/h9,14H,6-8H2,1-5H3,(H2,13,17)(H,15,18). The van der Waals surface area contributed by atoms with Crippen molar-refractivity contribution in [1.82, 2.24) is 15.5 Å². The number of nitrogens with two attached hydrogens (primary N) is 1. The van der Waals surface area contributed by atoms with Gasteiger partial charge in [0.05, 0.1) is 0 Å². The number of hydrogen-bond donors (Lipinski definition) is 3. The summed E-state index contributed by atoms with van der Waals surface area (Å²) in [6, 6.07) is -0.604. The van der Waals surface area contributed by atoms with E-state index in [4.69, 9.17) is 10.5 Å². The van der Waals surface area contributed by atoms with Crippen molar-refractivity contribution in [3.8, 4) is 0 Å². The van der Waals surface area contributed by atoms with E-state index in [1.165, 1.54) is 0 Å². The first-order valence-electron chi connectivity index (χ1n) is 6.26. The molecule has 0 aliphatic rings. The molecule has 1 atom stereocenters. The zero-order valence-electron chi connectivity index (χ0n) is 12.4. The van der Waals surface area contributed by atoms with Crippen LogP contribution in [-0.4, -0.2) is 62.3 Å². The second-order valence-electron chi connectivity index (χ2n) is 5.60. The molecule has 0 saturated heterocycles. The van der Waals surface area contributed by atoms with Gasteiger partial charge in [-0.15, -0.1) is 0 Å². The van der Waals surface area contributed by atoms with E-state index in [-0.39, 0.29) is 6.54 Å². The maximum Gasteiger partial charge on any atom is 0.407 e. The van der Waals surface area contributed by atoms with E-state index in [1.807, 2.05) is 19.0 Å². The molecule has 0 radical (unpaired) electrons. The number of nitrogens with one attached hydrogen (secondary N) is 2. The number of carbonyl (C=O) groups is 2. The third-order valence-corrected chi connectivity index (χ3v) is 2.14. The molecular formula is C12H26N4O3. The Labute approximate surface area is 114 Å². The van der Waals surface area contributed by atoms with E-state index in [1.54, 1.807) is 20.8 Å². The molecule has 0 aliphatic carbocycles. The fourth-order valence-corrected chi connectivity index (χ4v) is 1.24. The minimum absolute atomic E-state index is 0.109. The van der Waals surface area contributed by atoms with Crippen LogP contribution in [0.3, 0.4) is 0 Å². The van der Waals surface area contributed by atoms with Crippen LogP contribution in [0.15, 0.2) is 0 Å². The van der Waals surface area contributed by atoms with Crippen molar-refractivity contribution in [3.05, 3.63) is 0 Å². The lowest BCUT2D eigenvalue weighted by Gasteiger charge is -2.21. The SMILES string of the molecule is CN(C)CCNC(CNC(=O)OC(C)(C)C)C(N)=O. The normalized spacial score (nSPS) is 13.2. The summed E-state index contributed by atoms with van der Waals surface area (Å²) in [5, 5.41) is 5.50. The summed E-state index contributed by atoms with van der Waals surface area (Å²) in [5.74, 6) is -0.505. The first-order chi connectivity index (χ1) is 8.61. The minimum Gasteiger partial charge on any atom is -0.444 e. The molecule has 19 heavy (non-hydrogen) atoms. The second kappa shape index (κ2) is 7.96. The summed E-state index contributed by atoms with van der Waals surface area (Å²) < 4.78 is 5.07. The monoisotopic (exact) mass is 274 g/mol. The van der Waals surface area contributed by atoms with Gasteiger partial charge < -0.3 is 26.0 Å². The van der Waals surface area contributed by atoms with Crippen LogP contribution < -0.4 is 16.4 Å². The smallest absolute Gasteiger partial charge is 0.407 e.